The molecule has 0 bridgehead atoms. The maximum Gasteiger partial charge on any atom is 0.131 e. The molecule has 26 heavy (non-hydrogen) atoms. The number of piperazine rings is 1. The molecular weight excluding hydrogens is 322 g/mol. The fourth-order valence-electron chi connectivity index (χ4n) is 3.59. The van der Waals surface area contributed by atoms with Gasteiger partial charge < -0.3 is 4.90 Å². The van der Waals surface area contributed by atoms with Crippen LogP contribution in [0.5, 0.6) is 0 Å². The number of hydrogen-bond donors (Lipinski definition) is 0. The molecule has 0 spiro atoms. The number of nitrogens with zero attached hydrogens (tertiary/aromatic N) is 5. The van der Waals surface area contributed by atoms with Crippen LogP contribution in [0.1, 0.15) is 16.7 Å². The van der Waals surface area contributed by atoms with E-state index < -0.39 is 0 Å². The van der Waals surface area contributed by atoms with Crippen molar-refractivity contribution >= 4 is 5.82 Å². The third kappa shape index (κ3) is 3.94. The molecule has 1 aliphatic heterocycles. The minimum Gasteiger partial charge on any atom is -0.354 e. The Bertz CT molecular complexity index is 835. The Morgan fingerprint density at radius 2 is 1.69 bits per heavy atom. The van der Waals surface area contributed by atoms with Crippen molar-refractivity contribution in [1.29, 1.82) is 0 Å². The lowest BCUT2D eigenvalue weighted by molar-refractivity contribution is 0.249. The summed E-state index contributed by atoms with van der Waals surface area (Å²) in [6, 6.07) is 15.0. The largest absolute Gasteiger partial charge is 0.354 e. The Kier molecular flexibility index (Phi) is 4.97. The summed E-state index contributed by atoms with van der Waals surface area (Å²) in [6.07, 6.45) is 5.72. The predicted octanol–water partition coefficient (Wildman–Crippen LogP) is 2.96. The van der Waals surface area contributed by atoms with Crippen molar-refractivity contribution < 1.29 is 0 Å². The summed E-state index contributed by atoms with van der Waals surface area (Å²) in [5, 5.41) is 4.30. The van der Waals surface area contributed by atoms with Gasteiger partial charge in [-0.3, -0.25) is 9.58 Å². The molecule has 0 atom stereocenters. The molecule has 0 N–H and O–H groups in total. The maximum atomic E-state index is 4.56. The molecule has 5 heteroatoms. The van der Waals surface area contributed by atoms with Crippen LogP contribution >= 0.6 is 0 Å². The number of aryl methyl sites for hydroxylation is 1. The third-order valence-corrected chi connectivity index (χ3v) is 4.95. The first-order valence-corrected chi connectivity index (χ1v) is 9.22. The van der Waals surface area contributed by atoms with E-state index in [1.807, 2.05) is 35.4 Å². The number of pyridine rings is 1. The lowest BCUT2D eigenvalue weighted by atomic mass is 10.1. The third-order valence-electron chi connectivity index (χ3n) is 4.95. The van der Waals surface area contributed by atoms with Crippen LogP contribution in [-0.4, -0.2) is 45.8 Å². The van der Waals surface area contributed by atoms with Crippen LogP contribution in [0.2, 0.25) is 0 Å². The van der Waals surface area contributed by atoms with Gasteiger partial charge in [-0.15, -0.1) is 0 Å². The number of aromatic nitrogens is 3. The monoisotopic (exact) mass is 347 g/mol. The van der Waals surface area contributed by atoms with Crippen molar-refractivity contribution in [3.8, 4) is 0 Å². The number of benzene rings is 1. The highest BCUT2D eigenvalue weighted by molar-refractivity contribution is 5.46. The molecule has 0 amide bonds. The Hall–Kier alpha value is -2.66. The summed E-state index contributed by atoms with van der Waals surface area (Å²) in [6.45, 7) is 8.17. The van der Waals surface area contributed by atoms with Crippen LogP contribution < -0.4 is 4.90 Å². The van der Waals surface area contributed by atoms with Crippen LogP contribution in [0, 0.1) is 6.92 Å². The van der Waals surface area contributed by atoms with E-state index in [1.54, 1.807) is 0 Å². The van der Waals surface area contributed by atoms with E-state index in [-0.39, 0.29) is 0 Å². The number of anilines is 1. The summed E-state index contributed by atoms with van der Waals surface area (Å²) in [5.74, 6) is 1.13. The van der Waals surface area contributed by atoms with Gasteiger partial charge in [0.05, 0.1) is 6.54 Å². The first-order valence-electron chi connectivity index (χ1n) is 9.22. The normalized spacial score (nSPS) is 15.3. The van der Waals surface area contributed by atoms with Crippen molar-refractivity contribution in [2.75, 3.05) is 31.1 Å². The highest BCUT2D eigenvalue weighted by Gasteiger charge is 2.19. The smallest absolute Gasteiger partial charge is 0.131 e. The minimum absolute atomic E-state index is 0.827. The van der Waals surface area contributed by atoms with Crippen LogP contribution in [-0.2, 0) is 13.1 Å². The van der Waals surface area contributed by atoms with Crippen LogP contribution in [0.4, 0.5) is 5.82 Å². The molecule has 0 saturated carbocycles. The molecular formula is C21H25N5. The molecule has 134 valence electrons. The Labute approximate surface area is 154 Å². The van der Waals surface area contributed by atoms with Gasteiger partial charge in [0.1, 0.15) is 5.82 Å². The molecule has 1 fully saturated rings. The fourth-order valence-corrected chi connectivity index (χ4v) is 3.59. The number of rotatable bonds is 5. The molecule has 0 unspecified atom stereocenters. The van der Waals surface area contributed by atoms with E-state index in [4.69, 9.17) is 0 Å². The summed E-state index contributed by atoms with van der Waals surface area (Å²) < 4.78 is 1.97. The van der Waals surface area contributed by atoms with E-state index in [2.05, 4.69) is 57.1 Å². The van der Waals surface area contributed by atoms with Crippen LogP contribution in [0.25, 0.3) is 0 Å². The van der Waals surface area contributed by atoms with Gasteiger partial charge in [-0.05, 0) is 35.7 Å². The lowest BCUT2D eigenvalue weighted by Gasteiger charge is -2.36. The SMILES string of the molecule is Cc1cccnc1N1CCN(Cc2cccc(Cn3cccn3)c2)CC1. The van der Waals surface area contributed by atoms with Crippen LogP contribution in [0.15, 0.2) is 61.1 Å². The van der Waals surface area contributed by atoms with Gasteiger partial charge in [0, 0.05) is 51.3 Å². The summed E-state index contributed by atoms with van der Waals surface area (Å²) in [7, 11) is 0. The van der Waals surface area contributed by atoms with E-state index in [1.165, 1.54) is 16.7 Å². The van der Waals surface area contributed by atoms with E-state index in [0.29, 0.717) is 0 Å². The zero-order chi connectivity index (χ0) is 17.8. The zero-order valence-electron chi connectivity index (χ0n) is 15.3. The van der Waals surface area contributed by atoms with Crippen LogP contribution in [0.3, 0.4) is 0 Å². The van der Waals surface area contributed by atoms with Gasteiger partial charge in [-0.25, -0.2) is 4.98 Å². The van der Waals surface area contributed by atoms with E-state index >= 15 is 0 Å². The van der Waals surface area contributed by atoms with Gasteiger partial charge in [0.2, 0.25) is 0 Å². The Morgan fingerprint density at radius 1 is 0.885 bits per heavy atom. The highest BCUT2D eigenvalue weighted by atomic mass is 15.3. The van der Waals surface area contributed by atoms with Gasteiger partial charge in [0.25, 0.3) is 0 Å². The second kappa shape index (κ2) is 7.70. The summed E-state index contributed by atoms with van der Waals surface area (Å²) in [4.78, 5) is 9.49. The molecule has 3 heterocycles. The molecule has 1 aromatic carbocycles. The second-order valence-electron chi connectivity index (χ2n) is 6.93. The first kappa shape index (κ1) is 16.8. The molecule has 1 aliphatic rings. The van der Waals surface area contributed by atoms with Gasteiger partial charge in [-0.1, -0.05) is 30.3 Å². The average Bonchev–Trinajstić information content (AvgIpc) is 3.16. The molecule has 4 rings (SSSR count). The molecule has 3 aromatic rings. The van der Waals surface area contributed by atoms with Crippen molar-refractivity contribution in [2.45, 2.75) is 20.0 Å². The molecule has 5 nitrogen and oxygen atoms in total. The van der Waals surface area contributed by atoms with E-state index in [9.17, 15) is 0 Å². The van der Waals surface area contributed by atoms with Gasteiger partial charge >= 0.3 is 0 Å². The van der Waals surface area contributed by atoms with Crippen molar-refractivity contribution in [1.82, 2.24) is 19.7 Å². The minimum atomic E-state index is 0.827. The highest BCUT2D eigenvalue weighted by Crippen LogP contribution is 2.19. The summed E-state index contributed by atoms with van der Waals surface area (Å²) >= 11 is 0. The Balaban J connectivity index is 1.35. The predicted molar refractivity (Wildman–Crippen MR) is 104 cm³/mol. The average molecular weight is 347 g/mol. The first-order chi connectivity index (χ1) is 12.8. The lowest BCUT2D eigenvalue weighted by Crippen LogP contribution is -2.46. The van der Waals surface area contributed by atoms with Gasteiger partial charge in [0.15, 0.2) is 0 Å². The van der Waals surface area contributed by atoms with Crippen molar-refractivity contribution in [3.05, 3.63) is 77.7 Å². The molecule has 1 saturated heterocycles. The van der Waals surface area contributed by atoms with Gasteiger partial charge in [-0.2, -0.15) is 5.10 Å². The summed E-state index contributed by atoms with van der Waals surface area (Å²) in [5.41, 5.74) is 3.93. The second-order valence-corrected chi connectivity index (χ2v) is 6.93. The molecule has 0 aliphatic carbocycles. The maximum absolute atomic E-state index is 4.56. The fraction of sp³-hybridized carbons (Fsp3) is 0.333. The molecule has 0 radical (unpaired) electrons. The zero-order valence-corrected chi connectivity index (χ0v) is 15.3. The standard InChI is InChI=1S/C21H25N5/c1-18-5-3-8-22-21(18)25-13-11-24(12-14-25)16-19-6-2-7-20(15-19)17-26-10-4-9-23-26/h2-10,15H,11-14,16-17H2,1H3. The van der Waals surface area contributed by atoms with E-state index in [0.717, 1.165) is 45.1 Å². The van der Waals surface area contributed by atoms with Crippen molar-refractivity contribution in [2.24, 2.45) is 0 Å². The quantitative estimate of drug-likeness (QED) is 0.711. The Morgan fingerprint density at radius 3 is 2.42 bits per heavy atom. The topological polar surface area (TPSA) is 37.2 Å². The number of hydrogen-bond acceptors (Lipinski definition) is 4. The van der Waals surface area contributed by atoms with Crippen molar-refractivity contribution in [3.63, 3.8) is 0 Å². The molecule has 2 aromatic heterocycles.